The lowest BCUT2D eigenvalue weighted by Gasteiger charge is -2.35. The molecule has 0 saturated carbocycles. The largest absolute Gasteiger partial charge is 0.495 e. The number of likely N-dealkylation sites (N-methyl/N-ethyl adjacent to an activating group) is 1. The van der Waals surface area contributed by atoms with E-state index in [1.165, 1.54) is 30.2 Å². The van der Waals surface area contributed by atoms with E-state index in [1.807, 2.05) is 30.3 Å². The van der Waals surface area contributed by atoms with Crippen molar-refractivity contribution >= 4 is 39.1 Å². The van der Waals surface area contributed by atoms with Gasteiger partial charge in [0.15, 0.2) is 6.10 Å². The molecule has 0 spiro atoms. The van der Waals surface area contributed by atoms with Gasteiger partial charge in [-0.15, -0.1) is 0 Å². The molecule has 1 atom stereocenters. The van der Waals surface area contributed by atoms with Crippen LogP contribution in [-0.2, 0) is 26.0 Å². The molecule has 39 heavy (non-hydrogen) atoms. The summed E-state index contributed by atoms with van der Waals surface area (Å²) in [5.74, 6) is -0.134. The van der Waals surface area contributed by atoms with E-state index in [4.69, 9.17) is 21.1 Å². The topological polar surface area (TPSA) is 105 Å². The molecule has 11 heteroatoms. The zero-order valence-corrected chi connectivity index (χ0v) is 23.2. The van der Waals surface area contributed by atoms with E-state index < -0.39 is 28.6 Å². The van der Waals surface area contributed by atoms with Crippen molar-refractivity contribution in [2.75, 3.05) is 38.2 Å². The summed E-state index contributed by atoms with van der Waals surface area (Å²) >= 11 is 6.15. The third-order valence-electron chi connectivity index (χ3n) is 6.35. The van der Waals surface area contributed by atoms with Crippen LogP contribution < -0.4 is 19.7 Å². The minimum atomic E-state index is -4.04. The molecule has 1 aliphatic rings. The number of amides is 2. The molecule has 0 saturated heterocycles. The monoisotopic (exact) mass is 571 g/mol. The minimum absolute atomic E-state index is 0.0487. The van der Waals surface area contributed by atoms with Crippen molar-refractivity contribution in [3.05, 3.63) is 83.4 Å². The van der Waals surface area contributed by atoms with Gasteiger partial charge in [-0.05, 0) is 42.3 Å². The Morgan fingerprint density at radius 3 is 2.51 bits per heavy atom. The highest BCUT2D eigenvalue weighted by Gasteiger charge is 2.35. The van der Waals surface area contributed by atoms with Gasteiger partial charge in [-0.3, -0.25) is 9.59 Å². The third kappa shape index (κ3) is 6.52. The van der Waals surface area contributed by atoms with Gasteiger partial charge in [0.1, 0.15) is 11.5 Å². The zero-order chi connectivity index (χ0) is 28.0. The predicted octanol–water partition coefficient (Wildman–Crippen LogP) is 3.51. The van der Waals surface area contributed by atoms with Gasteiger partial charge in [0.2, 0.25) is 15.9 Å². The fraction of sp³-hybridized carbons (Fsp3) is 0.286. The standard InChI is InChI=1S/C28H30ClN3O6S/c1-3-31(39(35,36)21-13-14-24(37-2)22(29)17-21)19-27(33)32-18-26(38-25-12-8-7-11-23(25)32)28(34)30-16-15-20-9-5-4-6-10-20/h4-14,17,26H,3,15-16,18-19H2,1-2H3,(H,30,34)/t26-/m1/s1. The van der Waals surface area contributed by atoms with Crippen LogP contribution in [0.5, 0.6) is 11.5 Å². The van der Waals surface area contributed by atoms with Crippen LogP contribution in [0.4, 0.5) is 5.69 Å². The van der Waals surface area contributed by atoms with Crippen molar-refractivity contribution in [2.24, 2.45) is 0 Å². The molecule has 1 N–H and O–H groups in total. The highest BCUT2D eigenvalue weighted by Crippen LogP contribution is 2.34. The lowest BCUT2D eigenvalue weighted by atomic mass is 10.1. The van der Waals surface area contributed by atoms with Crippen LogP contribution in [0.1, 0.15) is 12.5 Å². The number of carbonyl (C=O) groups excluding carboxylic acids is 2. The number of methoxy groups -OCH3 is 1. The van der Waals surface area contributed by atoms with Gasteiger partial charge >= 0.3 is 0 Å². The van der Waals surface area contributed by atoms with Crippen LogP contribution in [0.15, 0.2) is 77.7 Å². The number of anilines is 1. The molecule has 1 aliphatic heterocycles. The first-order valence-electron chi connectivity index (χ1n) is 12.5. The second-order valence-corrected chi connectivity index (χ2v) is 11.2. The quantitative estimate of drug-likeness (QED) is 0.399. The van der Waals surface area contributed by atoms with Crippen molar-refractivity contribution < 1.29 is 27.5 Å². The Labute approximate surface area is 233 Å². The maximum atomic E-state index is 13.5. The fourth-order valence-corrected chi connectivity index (χ4v) is 6.00. The first-order valence-corrected chi connectivity index (χ1v) is 14.3. The average molecular weight is 572 g/mol. The SMILES string of the molecule is CCN(CC(=O)N1C[C@H](C(=O)NCCc2ccccc2)Oc2ccccc21)S(=O)(=O)c1ccc(OC)c(Cl)c1. The number of carbonyl (C=O) groups is 2. The van der Waals surface area contributed by atoms with Crippen molar-refractivity contribution in [1.29, 1.82) is 0 Å². The molecule has 4 rings (SSSR count). The maximum absolute atomic E-state index is 13.5. The summed E-state index contributed by atoms with van der Waals surface area (Å²) in [7, 11) is -2.61. The van der Waals surface area contributed by atoms with E-state index in [1.54, 1.807) is 31.2 Å². The number of benzene rings is 3. The summed E-state index contributed by atoms with van der Waals surface area (Å²) in [6.07, 6.45) is -0.302. The summed E-state index contributed by atoms with van der Waals surface area (Å²) in [4.78, 5) is 27.8. The predicted molar refractivity (Wildman–Crippen MR) is 149 cm³/mol. The first kappa shape index (κ1) is 28.4. The second kappa shape index (κ2) is 12.5. The maximum Gasteiger partial charge on any atom is 0.262 e. The smallest absolute Gasteiger partial charge is 0.262 e. The lowest BCUT2D eigenvalue weighted by Crippen LogP contribution is -2.53. The number of fused-ring (bicyclic) bond motifs is 1. The Balaban J connectivity index is 1.49. The Hall–Kier alpha value is -3.60. The molecule has 3 aromatic rings. The summed E-state index contributed by atoms with van der Waals surface area (Å²) in [5.41, 5.74) is 1.56. The van der Waals surface area contributed by atoms with Gasteiger partial charge in [0.25, 0.3) is 5.91 Å². The van der Waals surface area contributed by atoms with Crippen LogP contribution in [-0.4, -0.2) is 63.9 Å². The van der Waals surface area contributed by atoms with Gasteiger partial charge in [-0.1, -0.05) is 61.0 Å². The molecule has 2 amide bonds. The number of halogens is 1. The van der Waals surface area contributed by atoms with Crippen molar-refractivity contribution in [1.82, 2.24) is 9.62 Å². The molecule has 0 aliphatic carbocycles. The van der Waals surface area contributed by atoms with Crippen molar-refractivity contribution in [2.45, 2.75) is 24.3 Å². The third-order valence-corrected chi connectivity index (χ3v) is 8.56. The molecule has 1 heterocycles. The number of rotatable bonds is 10. The fourth-order valence-electron chi connectivity index (χ4n) is 4.26. The molecular weight excluding hydrogens is 542 g/mol. The number of nitrogens with zero attached hydrogens (tertiary/aromatic N) is 2. The highest BCUT2D eigenvalue weighted by atomic mass is 35.5. The summed E-state index contributed by atoms with van der Waals surface area (Å²) in [6, 6.07) is 20.8. The lowest BCUT2D eigenvalue weighted by molar-refractivity contribution is -0.128. The molecular formula is C28H30ClN3O6S. The van der Waals surface area contributed by atoms with E-state index in [-0.39, 0.29) is 28.9 Å². The number of ether oxygens (including phenoxy) is 2. The number of nitrogens with one attached hydrogen (secondary N) is 1. The Morgan fingerprint density at radius 1 is 1.10 bits per heavy atom. The van der Waals surface area contributed by atoms with Crippen LogP contribution in [0.2, 0.25) is 5.02 Å². The van der Waals surface area contributed by atoms with Gasteiger partial charge in [0, 0.05) is 13.1 Å². The Kier molecular flexibility index (Phi) is 9.11. The summed E-state index contributed by atoms with van der Waals surface area (Å²) in [6.45, 7) is 1.61. The molecule has 0 fully saturated rings. The Bertz CT molecular complexity index is 1430. The molecule has 3 aromatic carbocycles. The van der Waals surface area contributed by atoms with Crippen LogP contribution >= 0.6 is 11.6 Å². The zero-order valence-electron chi connectivity index (χ0n) is 21.7. The van der Waals surface area contributed by atoms with Crippen molar-refractivity contribution in [3.8, 4) is 11.5 Å². The van der Waals surface area contributed by atoms with E-state index >= 15 is 0 Å². The molecule has 206 valence electrons. The van der Waals surface area contributed by atoms with Gasteiger partial charge < -0.3 is 19.7 Å². The molecule has 9 nitrogen and oxygen atoms in total. The van der Waals surface area contributed by atoms with Crippen molar-refractivity contribution in [3.63, 3.8) is 0 Å². The first-order chi connectivity index (χ1) is 18.7. The van der Waals surface area contributed by atoms with E-state index in [9.17, 15) is 18.0 Å². The second-order valence-electron chi connectivity index (χ2n) is 8.83. The van der Waals surface area contributed by atoms with Crippen LogP contribution in [0.3, 0.4) is 0 Å². The van der Waals surface area contributed by atoms with E-state index in [2.05, 4.69) is 5.32 Å². The van der Waals surface area contributed by atoms with E-state index in [0.717, 1.165) is 9.87 Å². The Morgan fingerprint density at radius 2 is 1.82 bits per heavy atom. The molecule has 0 radical (unpaired) electrons. The molecule has 0 aromatic heterocycles. The highest BCUT2D eigenvalue weighted by molar-refractivity contribution is 7.89. The molecule has 0 unspecified atom stereocenters. The van der Waals surface area contributed by atoms with Crippen LogP contribution in [0, 0.1) is 0 Å². The minimum Gasteiger partial charge on any atom is -0.495 e. The summed E-state index contributed by atoms with van der Waals surface area (Å²) < 4.78 is 38.8. The number of sulfonamides is 1. The molecule has 0 bridgehead atoms. The van der Waals surface area contributed by atoms with E-state index in [0.29, 0.717) is 30.2 Å². The number of para-hydroxylation sites is 2. The summed E-state index contributed by atoms with van der Waals surface area (Å²) in [5, 5.41) is 3.02. The normalized spacial score (nSPS) is 14.9. The van der Waals surface area contributed by atoms with Gasteiger partial charge in [-0.2, -0.15) is 4.31 Å². The average Bonchev–Trinajstić information content (AvgIpc) is 2.95. The number of hydrogen-bond donors (Lipinski definition) is 1. The van der Waals surface area contributed by atoms with Gasteiger partial charge in [-0.25, -0.2) is 8.42 Å². The van der Waals surface area contributed by atoms with Gasteiger partial charge in [0.05, 0.1) is 35.8 Å². The number of hydrogen-bond acceptors (Lipinski definition) is 6. The van der Waals surface area contributed by atoms with Crippen LogP contribution in [0.25, 0.3) is 0 Å².